The molecule has 15 N–H and O–H groups in total. The lowest BCUT2D eigenvalue weighted by Gasteiger charge is -2.31. The van der Waals surface area contributed by atoms with Crippen molar-refractivity contribution in [2.75, 3.05) is 13.1 Å². The number of nitrogens with one attached hydrogen (secondary N) is 6. The number of likely N-dealkylation sites (tertiary alicyclic amines) is 1. The molecule has 2 aromatic rings. The standard InChI is InChI=1S/C39H58N12O11/c1-4-20(2)31(36(59)49-28(16-23-18-43-19-45-23)37(60)51-14-6-8-29(51)38(61)62)50-35(58)27(15-22-9-11-24(52)12-10-22)48-32(55)21(3)46-34(57)26(7-5-13-44-39(41)42)47-33(56)25(40)17-30(53)54/h9-12,18-21,25-29,31,52H,4-8,13-17,40H2,1-3H3,(H,43,45)(H,46,57)(H,47,56)(H,48,55)(H,49,59)(H,50,58)(H,53,54)(H,61,62)(H4,41,42,44)/t20-,21-,25-,26-,27-,28-,29-,31-/m0/s1. The van der Waals surface area contributed by atoms with E-state index >= 15 is 0 Å². The molecule has 0 spiro atoms. The van der Waals surface area contributed by atoms with E-state index in [4.69, 9.17) is 22.3 Å². The van der Waals surface area contributed by atoms with Gasteiger partial charge >= 0.3 is 11.9 Å². The number of guanidine groups is 1. The van der Waals surface area contributed by atoms with Crippen molar-refractivity contribution < 1.29 is 53.7 Å². The summed E-state index contributed by atoms with van der Waals surface area (Å²) in [6.45, 7) is 5.04. The fourth-order valence-corrected chi connectivity index (χ4v) is 6.61. The number of rotatable bonds is 24. The molecule has 1 aliphatic heterocycles. The normalized spacial score (nSPS) is 16.8. The molecule has 0 unspecified atom stereocenters. The van der Waals surface area contributed by atoms with Crippen molar-refractivity contribution in [2.24, 2.45) is 28.1 Å². The Morgan fingerprint density at radius 1 is 0.871 bits per heavy atom. The maximum atomic E-state index is 14.2. The van der Waals surface area contributed by atoms with Crippen LogP contribution in [0.2, 0.25) is 0 Å². The summed E-state index contributed by atoms with van der Waals surface area (Å²) in [6, 6.07) is -3.28. The van der Waals surface area contributed by atoms with Crippen LogP contribution in [-0.2, 0) is 51.2 Å². The van der Waals surface area contributed by atoms with E-state index in [1.165, 1.54) is 48.6 Å². The minimum Gasteiger partial charge on any atom is -0.508 e. The molecule has 0 saturated carbocycles. The summed E-state index contributed by atoms with van der Waals surface area (Å²) in [5, 5.41) is 41.6. The first kappa shape index (κ1) is 49.6. The molecule has 8 atom stereocenters. The van der Waals surface area contributed by atoms with E-state index in [0.717, 1.165) is 0 Å². The number of amides is 6. The van der Waals surface area contributed by atoms with Crippen LogP contribution in [0.25, 0.3) is 0 Å². The maximum absolute atomic E-state index is 14.2. The lowest BCUT2D eigenvalue weighted by molar-refractivity contribution is -0.149. The third-order valence-corrected chi connectivity index (χ3v) is 10.3. The quantitative estimate of drug-likeness (QED) is 0.0291. The summed E-state index contributed by atoms with van der Waals surface area (Å²) >= 11 is 0. The van der Waals surface area contributed by atoms with Crippen molar-refractivity contribution in [3.8, 4) is 5.75 Å². The van der Waals surface area contributed by atoms with Gasteiger partial charge in [-0.25, -0.2) is 9.78 Å². The monoisotopic (exact) mass is 870 g/mol. The molecule has 6 amide bonds. The zero-order valence-corrected chi connectivity index (χ0v) is 34.8. The van der Waals surface area contributed by atoms with Crippen molar-refractivity contribution in [3.63, 3.8) is 0 Å². The van der Waals surface area contributed by atoms with Gasteiger partial charge in [-0.3, -0.25) is 38.6 Å². The third kappa shape index (κ3) is 15.4. The first-order valence-corrected chi connectivity index (χ1v) is 20.1. The lowest BCUT2D eigenvalue weighted by atomic mass is 9.96. The molecule has 0 aliphatic carbocycles. The number of aromatic nitrogens is 2. The van der Waals surface area contributed by atoms with E-state index in [9.17, 15) is 48.6 Å². The Labute approximate surface area is 357 Å². The number of aliphatic imine (C=N–C) groups is 1. The summed E-state index contributed by atoms with van der Waals surface area (Å²) in [5.74, 6) is -8.12. The third-order valence-electron chi connectivity index (χ3n) is 10.3. The van der Waals surface area contributed by atoms with Gasteiger partial charge in [0.05, 0.1) is 18.8 Å². The summed E-state index contributed by atoms with van der Waals surface area (Å²) in [7, 11) is 0. The topological polar surface area (TPSA) is 380 Å². The van der Waals surface area contributed by atoms with Crippen molar-refractivity contribution in [1.82, 2.24) is 41.5 Å². The molecule has 2 heterocycles. The highest BCUT2D eigenvalue weighted by atomic mass is 16.4. The van der Waals surface area contributed by atoms with Crippen molar-refractivity contribution in [3.05, 3.63) is 48.0 Å². The van der Waals surface area contributed by atoms with Gasteiger partial charge < -0.3 is 69.0 Å². The Hall–Kier alpha value is -6.78. The highest BCUT2D eigenvalue weighted by Crippen LogP contribution is 2.20. The number of phenols is 1. The molecule has 1 fully saturated rings. The Kier molecular flexibility index (Phi) is 19.1. The van der Waals surface area contributed by atoms with Crippen LogP contribution >= 0.6 is 0 Å². The Bertz CT molecular complexity index is 1910. The Morgan fingerprint density at radius 2 is 1.52 bits per heavy atom. The largest absolute Gasteiger partial charge is 0.508 e. The lowest BCUT2D eigenvalue weighted by Crippen LogP contribution is -2.61. The highest BCUT2D eigenvalue weighted by molar-refractivity contribution is 5.97. The minimum absolute atomic E-state index is 0.0417. The van der Waals surface area contributed by atoms with Crippen LogP contribution in [0.3, 0.4) is 0 Å². The number of nitrogens with zero attached hydrogens (tertiary/aromatic N) is 3. The number of imidazole rings is 1. The first-order valence-electron chi connectivity index (χ1n) is 20.1. The number of carboxylic acid groups (broad SMARTS) is 2. The van der Waals surface area contributed by atoms with Crippen LogP contribution < -0.4 is 43.8 Å². The van der Waals surface area contributed by atoms with E-state index in [-0.39, 0.29) is 56.9 Å². The SMILES string of the molecule is CC[C@H](C)[C@H](NC(=O)[C@H](Cc1ccc(O)cc1)NC(=O)[C@H](C)NC(=O)[C@H](CCCN=C(N)N)NC(=O)[C@@H](N)CC(=O)O)C(=O)N[C@@H](Cc1cnc[nH]1)C(=O)N1CCC[C@H]1C(=O)O. The number of aliphatic carboxylic acids is 2. The van der Waals surface area contributed by atoms with E-state index in [1.807, 2.05) is 0 Å². The zero-order chi connectivity index (χ0) is 46.1. The minimum atomic E-state index is -1.49. The second kappa shape index (κ2) is 23.9. The average molecular weight is 871 g/mol. The van der Waals surface area contributed by atoms with E-state index < -0.39 is 102 Å². The van der Waals surface area contributed by atoms with Crippen molar-refractivity contribution in [2.45, 2.75) is 114 Å². The molecule has 0 radical (unpaired) electrons. The second-order valence-electron chi connectivity index (χ2n) is 15.1. The van der Waals surface area contributed by atoms with E-state index in [0.29, 0.717) is 24.1 Å². The molecular formula is C39H58N12O11. The number of carboxylic acids is 2. The van der Waals surface area contributed by atoms with Crippen LogP contribution in [0.4, 0.5) is 0 Å². The predicted molar refractivity (Wildman–Crippen MR) is 221 cm³/mol. The molecule has 23 nitrogen and oxygen atoms in total. The number of carbonyl (C=O) groups excluding carboxylic acids is 6. The molecular weight excluding hydrogens is 813 g/mol. The number of aromatic hydroxyl groups is 1. The molecule has 1 aromatic carbocycles. The number of hydrogen-bond acceptors (Lipinski definition) is 12. The zero-order valence-electron chi connectivity index (χ0n) is 34.8. The number of aromatic amines is 1. The number of H-pyrrole nitrogens is 1. The van der Waals surface area contributed by atoms with Crippen LogP contribution in [0, 0.1) is 5.92 Å². The van der Waals surface area contributed by atoms with E-state index in [2.05, 4.69) is 41.5 Å². The fourth-order valence-electron chi connectivity index (χ4n) is 6.61. The highest BCUT2D eigenvalue weighted by Gasteiger charge is 2.40. The van der Waals surface area contributed by atoms with Gasteiger partial charge in [0.15, 0.2) is 5.96 Å². The Morgan fingerprint density at radius 3 is 2.11 bits per heavy atom. The number of benzene rings is 1. The first-order chi connectivity index (χ1) is 29.3. The molecule has 340 valence electrons. The molecule has 23 heteroatoms. The summed E-state index contributed by atoms with van der Waals surface area (Å²) < 4.78 is 0. The second-order valence-corrected chi connectivity index (χ2v) is 15.1. The van der Waals surface area contributed by atoms with Gasteiger partial charge in [-0.1, -0.05) is 32.4 Å². The summed E-state index contributed by atoms with van der Waals surface area (Å²) in [6.07, 6.45) is 3.15. The molecule has 1 aromatic heterocycles. The van der Waals surface area contributed by atoms with Gasteiger partial charge in [-0.05, 0) is 56.2 Å². The van der Waals surface area contributed by atoms with Crippen molar-refractivity contribution >= 4 is 53.3 Å². The molecule has 1 saturated heterocycles. The van der Waals surface area contributed by atoms with Gasteiger partial charge in [0.1, 0.15) is 42.0 Å². The van der Waals surface area contributed by atoms with Crippen LogP contribution in [0.15, 0.2) is 41.8 Å². The van der Waals surface area contributed by atoms with Gasteiger partial charge in [0.25, 0.3) is 0 Å². The van der Waals surface area contributed by atoms with Crippen molar-refractivity contribution in [1.29, 1.82) is 0 Å². The molecule has 62 heavy (non-hydrogen) atoms. The van der Waals surface area contributed by atoms with Crippen LogP contribution in [0.1, 0.15) is 70.6 Å². The van der Waals surface area contributed by atoms with Gasteiger partial charge in [0.2, 0.25) is 35.4 Å². The maximum Gasteiger partial charge on any atom is 0.326 e. The number of carbonyl (C=O) groups is 8. The summed E-state index contributed by atoms with van der Waals surface area (Å²) in [4.78, 5) is 117. The number of phenolic OH excluding ortho intramolecular Hbond substituents is 1. The molecule has 0 bridgehead atoms. The number of nitrogens with two attached hydrogens (primary N) is 3. The Balaban J connectivity index is 1.85. The van der Waals surface area contributed by atoms with Crippen LogP contribution in [0.5, 0.6) is 5.75 Å². The molecule has 1 aliphatic rings. The van der Waals surface area contributed by atoms with Crippen LogP contribution in [-0.4, -0.2) is 139 Å². The predicted octanol–water partition coefficient (Wildman–Crippen LogP) is -2.68. The fraction of sp³-hybridized carbons (Fsp3) is 0.538. The van der Waals surface area contributed by atoms with Gasteiger partial charge in [0, 0.05) is 37.8 Å². The smallest absolute Gasteiger partial charge is 0.326 e. The average Bonchev–Trinajstić information content (AvgIpc) is 3.93. The number of hydrogen-bond donors (Lipinski definition) is 12. The van der Waals surface area contributed by atoms with E-state index in [1.54, 1.807) is 13.8 Å². The van der Waals surface area contributed by atoms with Gasteiger partial charge in [-0.15, -0.1) is 0 Å². The van der Waals surface area contributed by atoms with Gasteiger partial charge in [-0.2, -0.15) is 0 Å². The summed E-state index contributed by atoms with van der Waals surface area (Å²) in [5.41, 5.74) is 17.4. The molecule has 3 rings (SSSR count).